The van der Waals surface area contributed by atoms with Gasteiger partial charge in [-0.05, 0) is 54.1 Å². The molecule has 5 aromatic rings. The molecule has 0 aliphatic rings. The lowest BCUT2D eigenvalue weighted by atomic mass is 10.1. The first-order valence-corrected chi connectivity index (χ1v) is 10.9. The Kier molecular flexibility index (Phi) is 5.35. The highest BCUT2D eigenvalue weighted by Crippen LogP contribution is 2.29. The number of aryl methyl sites for hydroxylation is 1. The van der Waals surface area contributed by atoms with E-state index in [1.54, 1.807) is 25.3 Å². The lowest BCUT2D eigenvalue weighted by Crippen LogP contribution is -2.19. The highest BCUT2D eigenvalue weighted by Gasteiger charge is 2.20. The fourth-order valence-electron chi connectivity index (χ4n) is 4.07. The van der Waals surface area contributed by atoms with Gasteiger partial charge in [-0.25, -0.2) is 9.37 Å². The van der Waals surface area contributed by atoms with E-state index in [4.69, 9.17) is 32.9 Å². The van der Waals surface area contributed by atoms with Crippen LogP contribution in [-0.2, 0) is 13.5 Å². The summed E-state index contributed by atoms with van der Waals surface area (Å²) >= 11 is 12.1. The highest BCUT2D eigenvalue weighted by atomic mass is 35.5. The number of nitrogens with zero attached hydrogens (tertiary/aromatic N) is 3. The van der Waals surface area contributed by atoms with Crippen LogP contribution in [0.15, 0.2) is 65.5 Å². The van der Waals surface area contributed by atoms with Gasteiger partial charge in [0, 0.05) is 23.9 Å². The number of aromatic nitrogens is 3. The maximum Gasteiger partial charge on any atom is 0.283 e. The first-order valence-electron chi connectivity index (χ1n) is 10.2. The van der Waals surface area contributed by atoms with E-state index < -0.39 is 5.82 Å². The van der Waals surface area contributed by atoms with Crippen LogP contribution in [0.1, 0.15) is 11.4 Å². The maximum absolute atomic E-state index is 14.3. The third-order valence-corrected chi connectivity index (χ3v) is 6.27. The molecule has 2 aromatic heterocycles. The number of hydrogen-bond donors (Lipinski definition) is 0. The zero-order chi connectivity index (χ0) is 23.3. The van der Waals surface area contributed by atoms with Crippen LogP contribution in [0.4, 0.5) is 4.39 Å². The van der Waals surface area contributed by atoms with Crippen LogP contribution in [0.3, 0.4) is 0 Å². The van der Waals surface area contributed by atoms with Gasteiger partial charge in [-0.2, -0.15) is 0 Å². The molecule has 0 unspecified atom stereocenters. The molecule has 0 atom stereocenters. The van der Waals surface area contributed by atoms with Gasteiger partial charge in [0.1, 0.15) is 17.4 Å². The third kappa shape index (κ3) is 3.65. The summed E-state index contributed by atoms with van der Waals surface area (Å²) in [4.78, 5) is 18.3. The summed E-state index contributed by atoms with van der Waals surface area (Å²) in [6.45, 7) is 0. The van der Waals surface area contributed by atoms with Gasteiger partial charge in [0.25, 0.3) is 5.56 Å². The second-order valence-corrected chi connectivity index (χ2v) is 8.55. The summed E-state index contributed by atoms with van der Waals surface area (Å²) in [5, 5.41) is 1.22. The molecular formula is C25H18Cl2FN3O2. The Labute approximate surface area is 198 Å². The standard InChI is InChI=1S/C25H18Cl2FN3O2/c1-30-22(11-14-3-7-17(33-2)8-4-14)29-23-24(30)18-9-5-15(26)12-21(18)31(25(23)32)16-6-10-19(27)20(28)13-16/h3-10,12-13H,11H2,1-2H3. The van der Waals surface area contributed by atoms with Crippen molar-refractivity contribution in [2.75, 3.05) is 7.11 Å². The van der Waals surface area contributed by atoms with Crippen molar-refractivity contribution in [3.05, 3.63) is 98.3 Å². The van der Waals surface area contributed by atoms with Crippen LogP contribution >= 0.6 is 23.2 Å². The van der Waals surface area contributed by atoms with Crippen LogP contribution in [0, 0.1) is 5.82 Å². The minimum atomic E-state index is -0.613. The predicted molar refractivity (Wildman–Crippen MR) is 130 cm³/mol. The molecule has 0 N–H and O–H groups in total. The Morgan fingerprint density at radius 2 is 1.79 bits per heavy atom. The molecule has 166 valence electrons. The normalized spacial score (nSPS) is 11.4. The van der Waals surface area contributed by atoms with Crippen molar-refractivity contribution in [2.45, 2.75) is 6.42 Å². The van der Waals surface area contributed by atoms with Crippen LogP contribution in [-0.4, -0.2) is 21.2 Å². The summed E-state index contributed by atoms with van der Waals surface area (Å²) in [5.41, 5.74) is 2.56. The number of ether oxygens (including phenoxy) is 1. The third-order valence-electron chi connectivity index (χ3n) is 5.73. The summed E-state index contributed by atoms with van der Waals surface area (Å²) in [7, 11) is 3.50. The quantitative estimate of drug-likeness (QED) is 0.320. The zero-order valence-electron chi connectivity index (χ0n) is 17.8. The first-order chi connectivity index (χ1) is 15.9. The molecule has 8 heteroatoms. The minimum Gasteiger partial charge on any atom is -0.497 e. The molecule has 0 spiro atoms. The molecule has 33 heavy (non-hydrogen) atoms. The molecule has 0 radical (unpaired) electrons. The van der Waals surface area contributed by atoms with Gasteiger partial charge in [-0.15, -0.1) is 0 Å². The van der Waals surface area contributed by atoms with Crippen molar-refractivity contribution in [2.24, 2.45) is 7.05 Å². The van der Waals surface area contributed by atoms with Crippen molar-refractivity contribution in [3.8, 4) is 11.4 Å². The van der Waals surface area contributed by atoms with E-state index in [0.29, 0.717) is 33.7 Å². The van der Waals surface area contributed by atoms with E-state index in [9.17, 15) is 9.18 Å². The first kappa shape index (κ1) is 21.5. The van der Waals surface area contributed by atoms with E-state index in [1.165, 1.54) is 16.7 Å². The lowest BCUT2D eigenvalue weighted by Gasteiger charge is -2.13. The fourth-order valence-corrected chi connectivity index (χ4v) is 4.36. The molecule has 0 aliphatic carbocycles. The average molecular weight is 482 g/mol. The second-order valence-electron chi connectivity index (χ2n) is 7.71. The maximum atomic E-state index is 14.3. The van der Waals surface area contributed by atoms with E-state index >= 15 is 0 Å². The van der Waals surface area contributed by atoms with Crippen molar-refractivity contribution in [1.82, 2.24) is 14.1 Å². The van der Waals surface area contributed by atoms with Gasteiger partial charge >= 0.3 is 0 Å². The van der Waals surface area contributed by atoms with E-state index in [-0.39, 0.29) is 10.6 Å². The molecule has 5 rings (SSSR count). The van der Waals surface area contributed by atoms with Gasteiger partial charge < -0.3 is 9.30 Å². The van der Waals surface area contributed by atoms with Crippen molar-refractivity contribution in [3.63, 3.8) is 0 Å². The molecule has 2 heterocycles. The Bertz CT molecular complexity index is 1590. The number of rotatable bonds is 4. The van der Waals surface area contributed by atoms with Gasteiger partial charge in [-0.3, -0.25) is 9.36 Å². The molecule has 0 bridgehead atoms. The van der Waals surface area contributed by atoms with Crippen LogP contribution in [0.2, 0.25) is 10.0 Å². The topological polar surface area (TPSA) is 49.0 Å². The highest BCUT2D eigenvalue weighted by molar-refractivity contribution is 6.31. The largest absolute Gasteiger partial charge is 0.497 e. The number of imidazole rings is 1. The lowest BCUT2D eigenvalue weighted by molar-refractivity contribution is 0.414. The van der Waals surface area contributed by atoms with E-state index in [1.807, 2.05) is 41.9 Å². The Morgan fingerprint density at radius 3 is 2.48 bits per heavy atom. The number of benzene rings is 3. The van der Waals surface area contributed by atoms with Gasteiger partial charge in [0.15, 0.2) is 5.52 Å². The summed E-state index contributed by atoms with van der Waals surface area (Å²) < 4.78 is 22.8. The van der Waals surface area contributed by atoms with Gasteiger partial charge in [0.05, 0.1) is 28.9 Å². The van der Waals surface area contributed by atoms with Crippen molar-refractivity contribution < 1.29 is 9.13 Å². The minimum absolute atomic E-state index is 0.0187. The van der Waals surface area contributed by atoms with Crippen molar-refractivity contribution in [1.29, 1.82) is 0 Å². The molecular weight excluding hydrogens is 464 g/mol. The summed E-state index contributed by atoms with van der Waals surface area (Å²) in [5.74, 6) is 0.880. The molecule has 0 amide bonds. The number of fused-ring (bicyclic) bond motifs is 3. The SMILES string of the molecule is COc1ccc(Cc2nc3c(=O)n(-c4ccc(Cl)c(F)c4)c4cc(Cl)ccc4c3n2C)cc1. The number of methoxy groups -OCH3 is 1. The predicted octanol–water partition coefficient (Wildman–Crippen LogP) is 5.92. The fraction of sp³-hybridized carbons (Fsp3) is 0.120. The van der Waals surface area contributed by atoms with Gasteiger partial charge in [-0.1, -0.05) is 35.3 Å². The van der Waals surface area contributed by atoms with Crippen LogP contribution in [0.5, 0.6) is 5.75 Å². The van der Waals surface area contributed by atoms with Crippen LogP contribution < -0.4 is 10.3 Å². The van der Waals surface area contributed by atoms with Crippen LogP contribution in [0.25, 0.3) is 27.6 Å². The van der Waals surface area contributed by atoms with E-state index in [0.717, 1.165) is 22.5 Å². The second kappa shape index (κ2) is 8.21. The summed E-state index contributed by atoms with van der Waals surface area (Å²) in [6, 6.07) is 17.3. The van der Waals surface area contributed by atoms with Crippen molar-refractivity contribution >= 4 is 45.1 Å². The molecule has 5 nitrogen and oxygen atoms in total. The Balaban J connectivity index is 1.77. The molecule has 0 fully saturated rings. The molecule has 3 aromatic carbocycles. The zero-order valence-corrected chi connectivity index (χ0v) is 19.3. The monoisotopic (exact) mass is 481 g/mol. The number of hydrogen-bond acceptors (Lipinski definition) is 3. The Hall–Kier alpha value is -3.35. The van der Waals surface area contributed by atoms with Gasteiger partial charge in [0.2, 0.25) is 0 Å². The smallest absolute Gasteiger partial charge is 0.283 e. The Morgan fingerprint density at radius 1 is 1.03 bits per heavy atom. The molecule has 0 saturated carbocycles. The number of pyridine rings is 1. The molecule has 0 saturated heterocycles. The van der Waals surface area contributed by atoms with E-state index in [2.05, 4.69) is 0 Å². The summed E-state index contributed by atoms with van der Waals surface area (Å²) in [6.07, 6.45) is 0.527. The average Bonchev–Trinajstić information content (AvgIpc) is 3.13. The number of halogens is 3. The molecule has 0 aliphatic heterocycles.